The molecule has 19 heavy (non-hydrogen) atoms. The monoisotopic (exact) mass is 254 g/mol. The van der Waals surface area contributed by atoms with E-state index in [1.807, 2.05) is 45.0 Å². The van der Waals surface area contributed by atoms with Crippen molar-refractivity contribution in [3.8, 4) is 5.75 Å². The smallest absolute Gasteiger partial charge is 0.232 e. The van der Waals surface area contributed by atoms with E-state index in [0.29, 0.717) is 22.8 Å². The van der Waals surface area contributed by atoms with Crippen LogP contribution in [0.25, 0.3) is 6.08 Å². The fourth-order valence-electron chi connectivity index (χ4n) is 2.10. The molecule has 3 rings (SSSR count). The molecule has 1 aliphatic heterocycles. The second-order valence-electron chi connectivity index (χ2n) is 4.82. The maximum Gasteiger partial charge on any atom is 0.232 e. The van der Waals surface area contributed by atoms with Crippen molar-refractivity contribution in [1.82, 2.24) is 0 Å². The number of furan rings is 1. The number of Topliss-reactive ketones (excluding diaryl/α,β-unsaturated/α-hetero) is 1. The zero-order valence-corrected chi connectivity index (χ0v) is 11.1. The van der Waals surface area contributed by atoms with Gasteiger partial charge in [0.1, 0.15) is 17.3 Å². The first-order valence-corrected chi connectivity index (χ1v) is 6.16. The van der Waals surface area contributed by atoms with Gasteiger partial charge in [0, 0.05) is 6.08 Å². The molecule has 2 heterocycles. The minimum absolute atomic E-state index is 0.0906. The van der Waals surface area contributed by atoms with Crippen LogP contribution in [-0.2, 0) is 0 Å². The first-order valence-electron chi connectivity index (χ1n) is 6.16. The summed E-state index contributed by atoms with van der Waals surface area (Å²) < 4.78 is 11.1. The molecule has 1 aliphatic rings. The number of ketones is 1. The van der Waals surface area contributed by atoms with Crippen LogP contribution >= 0.6 is 0 Å². The summed E-state index contributed by atoms with van der Waals surface area (Å²) in [5.74, 6) is 2.28. The van der Waals surface area contributed by atoms with Gasteiger partial charge < -0.3 is 9.15 Å². The Morgan fingerprint density at radius 1 is 1.05 bits per heavy atom. The Morgan fingerprint density at radius 3 is 2.47 bits per heavy atom. The van der Waals surface area contributed by atoms with Crippen LogP contribution < -0.4 is 4.74 Å². The maximum absolute atomic E-state index is 12.2. The van der Waals surface area contributed by atoms with E-state index in [1.54, 1.807) is 6.08 Å². The standard InChI is InChI=1S/C16H14O3/c1-9-6-13-14(7-10(9)2)19-15(16(13)17)8-12-5-4-11(3)18-12/h4-8H,1-3H3/b15-8-. The van der Waals surface area contributed by atoms with Gasteiger partial charge in [0.2, 0.25) is 5.78 Å². The molecule has 0 atom stereocenters. The van der Waals surface area contributed by atoms with Gasteiger partial charge in [-0.1, -0.05) is 0 Å². The molecule has 0 aliphatic carbocycles. The third kappa shape index (κ3) is 1.97. The summed E-state index contributed by atoms with van der Waals surface area (Å²) in [6.45, 7) is 5.85. The summed E-state index contributed by atoms with van der Waals surface area (Å²) in [7, 11) is 0. The zero-order chi connectivity index (χ0) is 13.6. The Kier molecular flexibility index (Phi) is 2.56. The van der Waals surface area contributed by atoms with Crippen molar-refractivity contribution in [2.45, 2.75) is 20.8 Å². The highest BCUT2D eigenvalue weighted by Crippen LogP contribution is 2.34. The van der Waals surface area contributed by atoms with Crippen molar-refractivity contribution in [2.75, 3.05) is 0 Å². The maximum atomic E-state index is 12.2. The second-order valence-corrected chi connectivity index (χ2v) is 4.82. The average molecular weight is 254 g/mol. The number of aryl methyl sites for hydroxylation is 3. The van der Waals surface area contributed by atoms with Crippen molar-refractivity contribution >= 4 is 11.9 Å². The van der Waals surface area contributed by atoms with Crippen molar-refractivity contribution in [3.63, 3.8) is 0 Å². The van der Waals surface area contributed by atoms with E-state index in [9.17, 15) is 4.79 Å². The summed E-state index contributed by atoms with van der Waals surface area (Å²) in [4.78, 5) is 12.2. The molecular weight excluding hydrogens is 240 g/mol. The van der Waals surface area contributed by atoms with Crippen LogP contribution in [0.4, 0.5) is 0 Å². The van der Waals surface area contributed by atoms with Gasteiger partial charge in [-0.05, 0) is 56.2 Å². The molecule has 0 unspecified atom stereocenters. The molecule has 1 aromatic heterocycles. The molecule has 3 nitrogen and oxygen atoms in total. The number of ether oxygens (including phenoxy) is 1. The van der Waals surface area contributed by atoms with E-state index in [4.69, 9.17) is 9.15 Å². The van der Waals surface area contributed by atoms with Gasteiger partial charge in [0.25, 0.3) is 0 Å². The predicted octanol–water partition coefficient (Wildman–Crippen LogP) is 3.82. The molecule has 0 bridgehead atoms. The molecule has 0 radical (unpaired) electrons. The topological polar surface area (TPSA) is 39.4 Å². The van der Waals surface area contributed by atoms with E-state index >= 15 is 0 Å². The molecule has 2 aromatic rings. The summed E-state index contributed by atoms with van der Waals surface area (Å²) in [5, 5.41) is 0. The number of hydrogen-bond acceptors (Lipinski definition) is 3. The molecule has 0 saturated carbocycles. The van der Waals surface area contributed by atoms with E-state index in [-0.39, 0.29) is 5.78 Å². The van der Waals surface area contributed by atoms with Crippen LogP contribution in [0.1, 0.15) is 33.0 Å². The minimum atomic E-state index is -0.0906. The quantitative estimate of drug-likeness (QED) is 0.726. The molecule has 0 fully saturated rings. The minimum Gasteiger partial charge on any atom is -0.462 e. The van der Waals surface area contributed by atoms with Gasteiger partial charge in [0.05, 0.1) is 5.56 Å². The van der Waals surface area contributed by atoms with E-state index in [1.165, 1.54) is 0 Å². The number of allylic oxidation sites excluding steroid dienone is 1. The van der Waals surface area contributed by atoms with E-state index in [2.05, 4.69) is 0 Å². The van der Waals surface area contributed by atoms with E-state index in [0.717, 1.165) is 16.9 Å². The first kappa shape index (κ1) is 11.8. The number of benzene rings is 1. The molecule has 3 heteroatoms. The Labute approximate surface area is 111 Å². The third-order valence-electron chi connectivity index (χ3n) is 3.32. The molecule has 1 aromatic carbocycles. The Hall–Kier alpha value is -2.29. The number of hydrogen-bond donors (Lipinski definition) is 0. The average Bonchev–Trinajstić information content (AvgIpc) is 2.88. The zero-order valence-electron chi connectivity index (χ0n) is 11.1. The van der Waals surface area contributed by atoms with E-state index < -0.39 is 0 Å². The largest absolute Gasteiger partial charge is 0.462 e. The fraction of sp³-hybridized carbons (Fsp3) is 0.188. The Morgan fingerprint density at radius 2 is 1.79 bits per heavy atom. The van der Waals surface area contributed by atoms with Gasteiger partial charge in [-0.15, -0.1) is 0 Å². The molecule has 0 spiro atoms. The van der Waals surface area contributed by atoms with Crippen molar-refractivity contribution in [1.29, 1.82) is 0 Å². The van der Waals surface area contributed by atoms with Crippen LogP contribution in [0.5, 0.6) is 5.75 Å². The first-order chi connectivity index (χ1) is 9.04. The molecule has 96 valence electrons. The molecule has 0 saturated heterocycles. The van der Waals surface area contributed by atoms with Crippen LogP contribution in [0.15, 0.2) is 34.4 Å². The van der Waals surface area contributed by atoms with Gasteiger partial charge in [-0.3, -0.25) is 4.79 Å². The normalized spacial score (nSPS) is 15.7. The number of rotatable bonds is 1. The number of fused-ring (bicyclic) bond motifs is 1. The number of carbonyl (C=O) groups excluding carboxylic acids is 1. The van der Waals surface area contributed by atoms with Crippen molar-refractivity contribution < 1.29 is 13.9 Å². The summed E-state index contributed by atoms with van der Waals surface area (Å²) in [6, 6.07) is 7.45. The van der Waals surface area contributed by atoms with Gasteiger partial charge in [0.15, 0.2) is 5.76 Å². The van der Waals surface area contributed by atoms with Crippen LogP contribution in [0.2, 0.25) is 0 Å². The van der Waals surface area contributed by atoms with Gasteiger partial charge >= 0.3 is 0 Å². The Balaban J connectivity index is 2.01. The summed E-state index contributed by atoms with van der Waals surface area (Å²) >= 11 is 0. The second kappa shape index (κ2) is 4.12. The highest BCUT2D eigenvalue weighted by atomic mass is 16.5. The summed E-state index contributed by atoms with van der Waals surface area (Å²) in [5.41, 5.74) is 2.82. The SMILES string of the molecule is Cc1ccc(/C=C2\Oc3cc(C)c(C)cc3C2=O)o1. The lowest BCUT2D eigenvalue weighted by atomic mass is 10.0. The predicted molar refractivity (Wildman–Crippen MR) is 72.3 cm³/mol. The molecule has 0 amide bonds. The van der Waals surface area contributed by atoms with Crippen molar-refractivity contribution in [2.24, 2.45) is 0 Å². The molecule has 0 N–H and O–H groups in total. The lowest BCUT2D eigenvalue weighted by molar-refractivity contribution is 0.101. The highest BCUT2D eigenvalue weighted by molar-refractivity contribution is 6.14. The lowest BCUT2D eigenvalue weighted by Gasteiger charge is -2.02. The fourth-order valence-corrected chi connectivity index (χ4v) is 2.10. The summed E-state index contributed by atoms with van der Waals surface area (Å²) in [6.07, 6.45) is 1.64. The Bertz CT molecular complexity index is 705. The lowest BCUT2D eigenvalue weighted by Crippen LogP contribution is -1.97. The third-order valence-corrected chi connectivity index (χ3v) is 3.32. The van der Waals surface area contributed by atoms with Crippen LogP contribution in [0.3, 0.4) is 0 Å². The highest BCUT2D eigenvalue weighted by Gasteiger charge is 2.28. The van der Waals surface area contributed by atoms with Gasteiger partial charge in [-0.25, -0.2) is 0 Å². The molecular formula is C16H14O3. The van der Waals surface area contributed by atoms with Crippen LogP contribution in [0, 0.1) is 20.8 Å². The van der Waals surface area contributed by atoms with Crippen LogP contribution in [-0.4, -0.2) is 5.78 Å². The van der Waals surface area contributed by atoms with Crippen molar-refractivity contribution in [3.05, 3.63) is 58.2 Å². The van der Waals surface area contributed by atoms with Gasteiger partial charge in [-0.2, -0.15) is 0 Å². The number of carbonyl (C=O) groups is 1.